The third kappa shape index (κ3) is 3.23. The van der Waals surface area contributed by atoms with Crippen LogP contribution in [0.5, 0.6) is 5.75 Å². The predicted octanol–water partition coefficient (Wildman–Crippen LogP) is 2.77. The van der Waals surface area contributed by atoms with Crippen LogP contribution < -0.4 is 9.64 Å². The smallest absolute Gasteiger partial charge is 0.199 e. The SMILES string of the molecule is CCCCCN(C)c1ncnc(Cl)c1OC. The van der Waals surface area contributed by atoms with E-state index in [1.807, 2.05) is 11.9 Å². The molecule has 1 heterocycles. The zero-order valence-corrected chi connectivity index (χ0v) is 10.8. The summed E-state index contributed by atoms with van der Waals surface area (Å²) in [7, 11) is 3.56. The summed E-state index contributed by atoms with van der Waals surface area (Å²) in [6.07, 6.45) is 5.01. The molecule has 4 nitrogen and oxygen atoms in total. The number of hydrogen-bond acceptors (Lipinski definition) is 4. The molecule has 0 bridgehead atoms. The highest BCUT2D eigenvalue weighted by molar-refractivity contribution is 6.31. The highest BCUT2D eigenvalue weighted by atomic mass is 35.5. The lowest BCUT2D eigenvalue weighted by atomic mass is 10.2. The summed E-state index contributed by atoms with van der Waals surface area (Å²) in [5.41, 5.74) is 0. The van der Waals surface area contributed by atoms with Crippen molar-refractivity contribution in [2.75, 3.05) is 25.6 Å². The predicted molar refractivity (Wildman–Crippen MR) is 66.4 cm³/mol. The van der Waals surface area contributed by atoms with Gasteiger partial charge in [-0.3, -0.25) is 0 Å². The van der Waals surface area contributed by atoms with Crippen LogP contribution in [0.4, 0.5) is 5.82 Å². The molecule has 0 unspecified atom stereocenters. The van der Waals surface area contributed by atoms with Crippen molar-refractivity contribution < 1.29 is 4.74 Å². The van der Waals surface area contributed by atoms with Gasteiger partial charge in [0, 0.05) is 13.6 Å². The maximum Gasteiger partial charge on any atom is 0.199 e. The van der Waals surface area contributed by atoms with E-state index < -0.39 is 0 Å². The molecule has 0 saturated heterocycles. The largest absolute Gasteiger partial charge is 0.490 e. The fourth-order valence-electron chi connectivity index (χ4n) is 1.50. The molecule has 1 rings (SSSR count). The number of nitrogens with zero attached hydrogens (tertiary/aromatic N) is 3. The first-order valence-electron chi connectivity index (χ1n) is 5.46. The third-order valence-corrected chi connectivity index (χ3v) is 2.67. The second-order valence-corrected chi connectivity index (χ2v) is 4.01. The summed E-state index contributed by atoms with van der Waals surface area (Å²) in [5.74, 6) is 1.29. The van der Waals surface area contributed by atoms with Crippen molar-refractivity contribution >= 4 is 17.4 Å². The van der Waals surface area contributed by atoms with Crippen molar-refractivity contribution in [2.45, 2.75) is 26.2 Å². The van der Waals surface area contributed by atoms with Crippen molar-refractivity contribution in [1.82, 2.24) is 9.97 Å². The lowest BCUT2D eigenvalue weighted by Crippen LogP contribution is -2.20. The minimum absolute atomic E-state index is 0.356. The Hall–Kier alpha value is -1.03. The number of aromatic nitrogens is 2. The second-order valence-electron chi connectivity index (χ2n) is 3.65. The molecular formula is C11H18ClN3O. The van der Waals surface area contributed by atoms with E-state index in [2.05, 4.69) is 16.9 Å². The Kier molecular flexibility index (Phi) is 5.32. The van der Waals surface area contributed by atoms with E-state index in [-0.39, 0.29) is 0 Å². The Morgan fingerprint density at radius 2 is 2.12 bits per heavy atom. The summed E-state index contributed by atoms with van der Waals surface area (Å²) < 4.78 is 5.20. The van der Waals surface area contributed by atoms with Gasteiger partial charge in [0.25, 0.3) is 0 Å². The van der Waals surface area contributed by atoms with Crippen molar-refractivity contribution in [2.24, 2.45) is 0 Å². The number of unbranched alkanes of at least 4 members (excludes halogenated alkanes) is 2. The van der Waals surface area contributed by atoms with Crippen LogP contribution in [0.2, 0.25) is 5.15 Å². The first-order chi connectivity index (χ1) is 7.70. The van der Waals surface area contributed by atoms with Gasteiger partial charge in [0.05, 0.1) is 7.11 Å². The van der Waals surface area contributed by atoms with Gasteiger partial charge in [-0.2, -0.15) is 0 Å². The normalized spacial score (nSPS) is 10.2. The number of halogens is 1. The molecule has 16 heavy (non-hydrogen) atoms. The Morgan fingerprint density at radius 1 is 1.38 bits per heavy atom. The summed E-state index contributed by atoms with van der Waals surface area (Å²) in [6, 6.07) is 0. The minimum Gasteiger partial charge on any atom is -0.490 e. The number of hydrogen-bond donors (Lipinski definition) is 0. The molecule has 0 aliphatic heterocycles. The van der Waals surface area contributed by atoms with E-state index in [9.17, 15) is 0 Å². The zero-order chi connectivity index (χ0) is 12.0. The van der Waals surface area contributed by atoms with Crippen LogP contribution in [-0.4, -0.2) is 30.7 Å². The van der Waals surface area contributed by atoms with Crippen LogP contribution in [0.25, 0.3) is 0 Å². The average Bonchev–Trinajstić information content (AvgIpc) is 2.29. The van der Waals surface area contributed by atoms with Gasteiger partial charge in [0.15, 0.2) is 16.7 Å². The second kappa shape index (κ2) is 6.53. The highest BCUT2D eigenvalue weighted by Gasteiger charge is 2.13. The number of methoxy groups -OCH3 is 1. The van der Waals surface area contributed by atoms with E-state index >= 15 is 0 Å². The number of ether oxygens (including phenoxy) is 1. The first kappa shape index (κ1) is 13.0. The molecule has 0 aliphatic rings. The van der Waals surface area contributed by atoms with Gasteiger partial charge in [0.2, 0.25) is 0 Å². The van der Waals surface area contributed by atoms with Crippen molar-refractivity contribution in [1.29, 1.82) is 0 Å². The lowest BCUT2D eigenvalue weighted by Gasteiger charge is -2.20. The van der Waals surface area contributed by atoms with Crippen molar-refractivity contribution in [3.63, 3.8) is 0 Å². The first-order valence-corrected chi connectivity index (χ1v) is 5.84. The maximum absolute atomic E-state index is 5.93. The van der Waals surface area contributed by atoms with Crippen LogP contribution in [0.1, 0.15) is 26.2 Å². The molecule has 1 aromatic rings. The fourth-order valence-corrected chi connectivity index (χ4v) is 1.70. The Labute approximate surface area is 102 Å². The molecule has 0 aromatic carbocycles. The molecule has 5 heteroatoms. The number of rotatable bonds is 6. The van der Waals surface area contributed by atoms with E-state index in [0.29, 0.717) is 10.9 Å². The lowest BCUT2D eigenvalue weighted by molar-refractivity contribution is 0.411. The highest BCUT2D eigenvalue weighted by Crippen LogP contribution is 2.30. The van der Waals surface area contributed by atoms with Crippen LogP contribution in [0.15, 0.2) is 6.33 Å². The van der Waals surface area contributed by atoms with E-state index in [4.69, 9.17) is 16.3 Å². The van der Waals surface area contributed by atoms with Crippen molar-refractivity contribution in [3.05, 3.63) is 11.5 Å². The third-order valence-electron chi connectivity index (χ3n) is 2.40. The quantitative estimate of drug-likeness (QED) is 0.569. The molecule has 0 N–H and O–H groups in total. The van der Waals surface area contributed by atoms with Gasteiger partial charge in [-0.05, 0) is 6.42 Å². The molecule has 0 fully saturated rings. The van der Waals surface area contributed by atoms with E-state index in [1.165, 1.54) is 19.2 Å². The van der Waals surface area contributed by atoms with Gasteiger partial charge in [-0.1, -0.05) is 31.4 Å². The maximum atomic E-state index is 5.93. The van der Waals surface area contributed by atoms with Crippen LogP contribution in [-0.2, 0) is 0 Å². The Bertz CT molecular complexity index is 333. The molecule has 0 saturated carbocycles. The fraction of sp³-hybridized carbons (Fsp3) is 0.636. The van der Waals surface area contributed by atoms with Gasteiger partial charge in [-0.25, -0.2) is 9.97 Å². The molecule has 0 radical (unpaired) electrons. The van der Waals surface area contributed by atoms with Crippen LogP contribution in [0.3, 0.4) is 0 Å². The molecule has 0 aliphatic carbocycles. The zero-order valence-electron chi connectivity index (χ0n) is 10.0. The molecule has 90 valence electrons. The van der Waals surface area contributed by atoms with Crippen LogP contribution in [0, 0.1) is 0 Å². The molecule has 0 spiro atoms. The summed E-state index contributed by atoms with van der Waals surface area (Å²) in [4.78, 5) is 10.1. The van der Waals surface area contributed by atoms with Gasteiger partial charge in [0.1, 0.15) is 6.33 Å². The summed E-state index contributed by atoms with van der Waals surface area (Å²) in [5, 5.41) is 0.356. The monoisotopic (exact) mass is 243 g/mol. The van der Waals surface area contributed by atoms with E-state index in [0.717, 1.165) is 18.8 Å². The molecule has 0 amide bonds. The van der Waals surface area contributed by atoms with Gasteiger partial charge >= 0.3 is 0 Å². The average molecular weight is 244 g/mol. The number of anilines is 1. The molecular weight excluding hydrogens is 226 g/mol. The van der Waals surface area contributed by atoms with Gasteiger partial charge in [-0.15, -0.1) is 0 Å². The van der Waals surface area contributed by atoms with Crippen LogP contribution >= 0.6 is 11.6 Å². The Morgan fingerprint density at radius 3 is 2.75 bits per heavy atom. The summed E-state index contributed by atoms with van der Waals surface area (Å²) >= 11 is 5.93. The van der Waals surface area contributed by atoms with E-state index in [1.54, 1.807) is 7.11 Å². The summed E-state index contributed by atoms with van der Waals surface area (Å²) in [6.45, 7) is 3.12. The van der Waals surface area contributed by atoms with Crippen molar-refractivity contribution in [3.8, 4) is 5.75 Å². The van der Waals surface area contributed by atoms with Gasteiger partial charge < -0.3 is 9.64 Å². The standard InChI is InChI=1S/C11H18ClN3O/c1-4-5-6-7-15(2)11-9(16-3)10(12)13-8-14-11/h8H,4-7H2,1-3H3. The topological polar surface area (TPSA) is 38.2 Å². The molecule has 0 atom stereocenters. The Balaban J connectivity index is 2.74. The molecule has 1 aromatic heterocycles. The minimum atomic E-state index is 0.356.